The number of carbonyl (C=O) groups excluding carboxylic acids is 1. The molecule has 166 valence electrons. The molecule has 1 aromatic carbocycles. The monoisotopic (exact) mass is 442 g/mol. The highest BCUT2D eigenvalue weighted by Crippen LogP contribution is 2.43. The second-order valence-electron chi connectivity index (χ2n) is 8.73. The Kier molecular flexibility index (Phi) is 4.34. The molecule has 0 aliphatic carbocycles. The third-order valence-corrected chi connectivity index (χ3v) is 6.23. The van der Waals surface area contributed by atoms with E-state index >= 15 is 0 Å². The predicted molar refractivity (Wildman–Crippen MR) is 121 cm³/mol. The zero-order valence-electron chi connectivity index (χ0n) is 18.0. The topological polar surface area (TPSA) is 105 Å². The van der Waals surface area contributed by atoms with Gasteiger partial charge in [-0.25, -0.2) is 9.50 Å². The second-order valence-corrected chi connectivity index (χ2v) is 8.73. The van der Waals surface area contributed by atoms with Crippen molar-refractivity contribution in [1.82, 2.24) is 19.6 Å². The van der Waals surface area contributed by atoms with Gasteiger partial charge in [0.05, 0.1) is 36.4 Å². The van der Waals surface area contributed by atoms with Gasteiger partial charge in [0.25, 0.3) is 5.91 Å². The molecule has 2 aliphatic rings. The smallest absolute Gasteiger partial charge is 0.261 e. The van der Waals surface area contributed by atoms with E-state index in [1.807, 2.05) is 25.1 Å². The Hall–Kier alpha value is -3.98. The number of fused-ring (bicyclic) bond motifs is 3. The lowest BCUT2D eigenvalue weighted by Gasteiger charge is -2.23. The fraction of sp³-hybridized carbons (Fsp3) is 0.250. The van der Waals surface area contributed by atoms with Crippen molar-refractivity contribution in [2.24, 2.45) is 0 Å². The number of hydrogen-bond acceptors (Lipinski definition) is 7. The Bertz CT molecular complexity index is 1380. The minimum Gasteiger partial charge on any atom is -0.484 e. The summed E-state index contributed by atoms with van der Waals surface area (Å²) in [6.45, 7) is 3.10. The molecule has 2 aliphatic heterocycles. The van der Waals surface area contributed by atoms with Gasteiger partial charge in [0.2, 0.25) is 0 Å². The molecule has 1 amide bonds. The summed E-state index contributed by atoms with van der Waals surface area (Å²) in [4.78, 5) is 24.2. The Balaban J connectivity index is 1.39. The number of anilines is 2. The van der Waals surface area contributed by atoms with E-state index in [-0.39, 0.29) is 12.5 Å². The van der Waals surface area contributed by atoms with Crippen molar-refractivity contribution in [3.05, 3.63) is 77.5 Å². The van der Waals surface area contributed by atoms with Crippen LogP contribution < -0.4 is 15.0 Å². The van der Waals surface area contributed by atoms with E-state index in [0.717, 1.165) is 28.3 Å². The van der Waals surface area contributed by atoms with Gasteiger partial charge in [-0.15, -0.1) is 0 Å². The van der Waals surface area contributed by atoms with Crippen LogP contribution in [0.5, 0.6) is 5.75 Å². The first-order valence-corrected chi connectivity index (χ1v) is 10.8. The maximum atomic E-state index is 13.3. The lowest BCUT2D eigenvalue weighted by atomic mass is 9.99. The Labute approximate surface area is 189 Å². The van der Waals surface area contributed by atoms with Gasteiger partial charge in [-0.3, -0.25) is 9.78 Å². The number of benzene rings is 1. The fourth-order valence-corrected chi connectivity index (χ4v) is 4.55. The number of nitrogens with zero attached hydrogens (tertiary/aromatic N) is 5. The fourth-order valence-electron chi connectivity index (χ4n) is 4.55. The molecule has 0 saturated heterocycles. The largest absolute Gasteiger partial charge is 0.484 e. The van der Waals surface area contributed by atoms with E-state index in [0.29, 0.717) is 36.4 Å². The summed E-state index contributed by atoms with van der Waals surface area (Å²) in [6, 6.07) is 9.66. The van der Waals surface area contributed by atoms with Gasteiger partial charge in [-0.1, -0.05) is 6.07 Å². The molecular formula is C24H22N6O3. The van der Waals surface area contributed by atoms with Crippen LogP contribution in [0.1, 0.15) is 34.1 Å². The molecule has 9 heteroatoms. The van der Waals surface area contributed by atoms with Crippen LogP contribution in [-0.4, -0.2) is 42.8 Å². The van der Waals surface area contributed by atoms with E-state index in [4.69, 9.17) is 4.74 Å². The number of nitrogens with one attached hydrogen (secondary N) is 1. The molecule has 0 fully saturated rings. The van der Waals surface area contributed by atoms with Crippen LogP contribution in [0.25, 0.3) is 5.65 Å². The van der Waals surface area contributed by atoms with Gasteiger partial charge in [0.1, 0.15) is 16.9 Å². The van der Waals surface area contributed by atoms with E-state index in [2.05, 4.69) is 31.3 Å². The summed E-state index contributed by atoms with van der Waals surface area (Å²) >= 11 is 0. The second kappa shape index (κ2) is 7.28. The minimum absolute atomic E-state index is 0.0914. The van der Waals surface area contributed by atoms with Crippen molar-refractivity contribution in [3.8, 4) is 5.75 Å². The van der Waals surface area contributed by atoms with Crippen molar-refractivity contribution in [2.45, 2.75) is 32.0 Å². The van der Waals surface area contributed by atoms with Crippen LogP contribution in [0, 0.1) is 0 Å². The zero-order valence-corrected chi connectivity index (χ0v) is 18.0. The molecule has 1 atom stereocenters. The summed E-state index contributed by atoms with van der Waals surface area (Å²) in [7, 11) is 0. The summed E-state index contributed by atoms with van der Waals surface area (Å²) in [6.07, 6.45) is 7.26. The van der Waals surface area contributed by atoms with Gasteiger partial charge < -0.3 is 20.1 Å². The van der Waals surface area contributed by atoms with Crippen LogP contribution in [0.15, 0.2) is 55.1 Å². The van der Waals surface area contributed by atoms with Gasteiger partial charge in [-0.05, 0) is 30.7 Å². The normalized spacial score (nSPS) is 18.8. The van der Waals surface area contributed by atoms with Gasteiger partial charge in [-0.2, -0.15) is 5.10 Å². The Morgan fingerprint density at radius 1 is 1.21 bits per heavy atom. The number of hydrogen-bond donors (Lipinski definition) is 2. The molecular weight excluding hydrogens is 420 g/mol. The van der Waals surface area contributed by atoms with Crippen molar-refractivity contribution >= 4 is 22.9 Å². The molecule has 9 nitrogen and oxygen atoms in total. The van der Waals surface area contributed by atoms with Crippen LogP contribution in [0.3, 0.4) is 0 Å². The van der Waals surface area contributed by atoms with E-state index < -0.39 is 5.60 Å². The molecule has 4 aromatic rings. The number of amides is 1. The molecule has 2 N–H and O–H groups in total. The molecule has 0 unspecified atom stereocenters. The molecule has 0 bridgehead atoms. The lowest BCUT2D eigenvalue weighted by Crippen LogP contribution is -2.34. The van der Waals surface area contributed by atoms with Crippen molar-refractivity contribution in [1.29, 1.82) is 0 Å². The number of carbonyl (C=O) groups is 1. The first kappa shape index (κ1) is 19.7. The molecule has 33 heavy (non-hydrogen) atoms. The Morgan fingerprint density at radius 3 is 2.94 bits per heavy atom. The van der Waals surface area contributed by atoms with E-state index in [1.54, 1.807) is 29.2 Å². The summed E-state index contributed by atoms with van der Waals surface area (Å²) < 4.78 is 7.65. The number of aliphatic hydroxyl groups is 1. The number of aromatic nitrogens is 4. The van der Waals surface area contributed by atoms with Crippen molar-refractivity contribution in [3.63, 3.8) is 0 Å². The Morgan fingerprint density at radius 2 is 2.09 bits per heavy atom. The van der Waals surface area contributed by atoms with Crippen LogP contribution in [0.4, 0.5) is 11.4 Å². The summed E-state index contributed by atoms with van der Waals surface area (Å²) in [5.74, 6) is 0.435. The lowest BCUT2D eigenvalue weighted by molar-refractivity contribution is 0.0447. The average molecular weight is 442 g/mol. The molecule has 0 spiro atoms. The molecule has 6 rings (SSSR count). The minimum atomic E-state index is -0.676. The number of ether oxygens (including phenoxy) is 1. The molecule has 5 heterocycles. The third-order valence-electron chi connectivity index (χ3n) is 6.23. The number of rotatable bonds is 4. The first-order valence-electron chi connectivity index (χ1n) is 10.8. The third kappa shape index (κ3) is 3.28. The maximum absolute atomic E-state index is 13.3. The SMILES string of the molecule is C[C@@]1(CO)Cc2cc(NC(=O)c3cnn4cccnc34)c(N3Cc4cccnc4C3)cc2O1. The summed E-state index contributed by atoms with van der Waals surface area (Å²) in [5, 5.41) is 17.1. The summed E-state index contributed by atoms with van der Waals surface area (Å²) in [5.41, 5.74) is 4.84. The van der Waals surface area contributed by atoms with Crippen LogP contribution in [-0.2, 0) is 19.5 Å². The number of pyridine rings is 1. The molecule has 0 radical (unpaired) electrons. The highest BCUT2D eigenvalue weighted by Gasteiger charge is 2.36. The highest BCUT2D eigenvalue weighted by molar-refractivity contribution is 6.09. The zero-order chi connectivity index (χ0) is 22.6. The molecule has 3 aromatic heterocycles. The number of aliphatic hydroxyl groups excluding tert-OH is 1. The average Bonchev–Trinajstić information content (AvgIpc) is 3.52. The van der Waals surface area contributed by atoms with Crippen molar-refractivity contribution in [2.75, 3.05) is 16.8 Å². The quantitative estimate of drug-likeness (QED) is 0.501. The van der Waals surface area contributed by atoms with Gasteiger partial charge in [0, 0.05) is 43.2 Å². The molecule has 0 saturated carbocycles. The maximum Gasteiger partial charge on any atom is 0.261 e. The van der Waals surface area contributed by atoms with Gasteiger partial charge >= 0.3 is 0 Å². The van der Waals surface area contributed by atoms with Crippen LogP contribution >= 0.6 is 0 Å². The van der Waals surface area contributed by atoms with Gasteiger partial charge in [0.15, 0.2) is 5.65 Å². The van der Waals surface area contributed by atoms with E-state index in [9.17, 15) is 9.90 Å². The highest BCUT2D eigenvalue weighted by atomic mass is 16.5. The predicted octanol–water partition coefficient (Wildman–Crippen LogP) is 2.58. The first-order chi connectivity index (χ1) is 16.0. The van der Waals surface area contributed by atoms with Crippen molar-refractivity contribution < 1.29 is 14.6 Å². The standard InChI is InChI=1S/C24H22N6O3/c1-24(14-31)10-16-8-18(28-23(32)17-11-27-30-7-3-6-26-22(17)30)20(9-21(16)33-24)29-12-15-4-2-5-25-19(15)13-29/h2-9,11,31H,10,12-14H2,1H3,(H,28,32)/t24-/m0/s1. The van der Waals surface area contributed by atoms with Crippen LogP contribution in [0.2, 0.25) is 0 Å². The van der Waals surface area contributed by atoms with E-state index in [1.165, 1.54) is 6.20 Å².